The molecule has 0 aromatic rings. The van der Waals surface area contributed by atoms with Gasteiger partial charge in [-0.25, -0.2) is 8.78 Å². The van der Waals surface area contributed by atoms with Gasteiger partial charge in [-0.1, -0.05) is 6.92 Å². The van der Waals surface area contributed by atoms with E-state index in [1.807, 2.05) is 4.90 Å². The van der Waals surface area contributed by atoms with Crippen LogP contribution in [0.5, 0.6) is 0 Å². The van der Waals surface area contributed by atoms with E-state index in [9.17, 15) is 13.2 Å². The Morgan fingerprint density at radius 3 is 2.17 bits per heavy atom. The van der Waals surface area contributed by atoms with Crippen LogP contribution in [0.4, 0.5) is 13.2 Å². The molecular weight excluding hydrogens is 301 g/mol. The minimum Gasteiger partial charge on any atom is -0.303 e. The van der Waals surface area contributed by atoms with Crippen LogP contribution in [-0.2, 0) is 0 Å². The molecule has 2 aliphatic rings. The number of nitrogens with zero attached hydrogens (tertiary/aromatic N) is 2. The van der Waals surface area contributed by atoms with Crippen molar-refractivity contribution < 1.29 is 13.2 Å². The van der Waals surface area contributed by atoms with Crippen LogP contribution >= 0.6 is 0 Å². The van der Waals surface area contributed by atoms with Crippen molar-refractivity contribution in [2.75, 3.05) is 45.9 Å². The molecule has 2 saturated heterocycles. The molecule has 2 rings (SSSR count). The van der Waals surface area contributed by atoms with Crippen molar-refractivity contribution in [3.05, 3.63) is 0 Å². The molecule has 0 N–H and O–H groups in total. The minimum atomic E-state index is -2.55. The molecule has 23 heavy (non-hydrogen) atoms. The zero-order valence-electron chi connectivity index (χ0n) is 14.6. The van der Waals surface area contributed by atoms with Gasteiger partial charge in [0, 0.05) is 13.0 Å². The Bertz CT molecular complexity index is 322. The van der Waals surface area contributed by atoms with Gasteiger partial charge >= 0.3 is 0 Å². The van der Waals surface area contributed by atoms with Crippen LogP contribution in [0, 0.1) is 11.8 Å². The molecule has 2 aliphatic heterocycles. The van der Waals surface area contributed by atoms with E-state index in [0.717, 1.165) is 58.4 Å². The summed E-state index contributed by atoms with van der Waals surface area (Å²) in [6, 6.07) is 0. The number of rotatable bonds is 8. The lowest BCUT2D eigenvalue weighted by Crippen LogP contribution is -2.42. The molecule has 0 amide bonds. The average molecular weight is 334 g/mol. The van der Waals surface area contributed by atoms with Crippen LogP contribution in [-0.4, -0.2) is 61.7 Å². The molecule has 0 unspecified atom stereocenters. The molecule has 0 aromatic heterocycles. The first-order valence-corrected chi connectivity index (χ1v) is 9.37. The van der Waals surface area contributed by atoms with Crippen molar-refractivity contribution in [2.24, 2.45) is 11.8 Å². The Morgan fingerprint density at radius 2 is 1.57 bits per heavy atom. The summed E-state index contributed by atoms with van der Waals surface area (Å²) < 4.78 is 40.6. The van der Waals surface area contributed by atoms with E-state index >= 15 is 0 Å². The molecule has 0 bridgehead atoms. The maximum atomic E-state index is 14.2. The number of hydrogen-bond donors (Lipinski definition) is 0. The van der Waals surface area contributed by atoms with Gasteiger partial charge in [0.1, 0.15) is 0 Å². The van der Waals surface area contributed by atoms with Crippen molar-refractivity contribution in [1.82, 2.24) is 9.80 Å². The Kier molecular flexibility index (Phi) is 7.67. The topological polar surface area (TPSA) is 6.48 Å². The van der Waals surface area contributed by atoms with Crippen molar-refractivity contribution >= 4 is 0 Å². The van der Waals surface area contributed by atoms with Gasteiger partial charge in [-0.3, -0.25) is 9.29 Å². The standard InChI is InChI=1S/C18H33F3N2/c1-16-4-11-23(12-5-16)15-18(20,21)8-3-17-6-13-22(14-7-17)10-2-9-19/h16-17H,2-15H2,1H3. The summed E-state index contributed by atoms with van der Waals surface area (Å²) in [5.74, 6) is -1.45. The average Bonchev–Trinajstić information content (AvgIpc) is 2.54. The molecule has 2 nitrogen and oxygen atoms in total. The van der Waals surface area contributed by atoms with Crippen molar-refractivity contribution in [2.45, 2.75) is 57.8 Å². The van der Waals surface area contributed by atoms with Crippen LogP contribution in [0.3, 0.4) is 0 Å². The predicted molar refractivity (Wildman–Crippen MR) is 88.8 cm³/mol. The third-order valence-corrected chi connectivity index (χ3v) is 5.56. The van der Waals surface area contributed by atoms with E-state index in [4.69, 9.17) is 0 Å². The molecule has 2 fully saturated rings. The molecule has 136 valence electrons. The second-order valence-electron chi connectivity index (χ2n) is 7.68. The quantitative estimate of drug-likeness (QED) is 0.656. The molecule has 5 heteroatoms. The smallest absolute Gasteiger partial charge is 0.260 e. The van der Waals surface area contributed by atoms with Gasteiger partial charge in [0.05, 0.1) is 13.2 Å². The molecule has 0 spiro atoms. The Morgan fingerprint density at radius 1 is 0.957 bits per heavy atom. The Balaban J connectivity index is 1.62. The molecule has 2 heterocycles. The van der Waals surface area contributed by atoms with Gasteiger partial charge in [-0.05, 0) is 76.5 Å². The highest BCUT2D eigenvalue weighted by Gasteiger charge is 2.33. The molecule has 0 radical (unpaired) electrons. The Labute approximate surface area is 139 Å². The molecule has 0 atom stereocenters. The van der Waals surface area contributed by atoms with E-state index in [1.54, 1.807) is 0 Å². The number of halogens is 3. The lowest BCUT2D eigenvalue weighted by atomic mass is 9.90. The van der Waals surface area contributed by atoms with E-state index in [0.29, 0.717) is 24.7 Å². The summed E-state index contributed by atoms with van der Waals surface area (Å²) in [6.07, 6.45) is 5.33. The van der Waals surface area contributed by atoms with Crippen molar-refractivity contribution in [1.29, 1.82) is 0 Å². The van der Waals surface area contributed by atoms with Gasteiger partial charge in [-0.15, -0.1) is 0 Å². The molecule has 0 aromatic carbocycles. The third-order valence-electron chi connectivity index (χ3n) is 5.56. The highest BCUT2D eigenvalue weighted by molar-refractivity contribution is 4.79. The first-order chi connectivity index (χ1) is 11.0. The second kappa shape index (κ2) is 9.26. The summed E-state index contributed by atoms with van der Waals surface area (Å²) in [4.78, 5) is 4.21. The monoisotopic (exact) mass is 334 g/mol. The summed E-state index contributed by atoms with van der Waals surface area (Å²) in [5.41, 5.74) is 0. The normalized spacial score (nSPS) is 23.5. The summed E-state index contributed by atoms with van der Waals surface area (Å²) in [6.45, 7) is 6.23. The fourth-order valence-electron chi connectivity index (χ4n) is 3.82. The van der Waals surface area contributed by atoms with Gasteiger partial charge in [-0.2, -0.15) is 0 Å². The lowest BCUT2D eigenvalue weighted by molar-refractivity contribution is -0.0506. The van der Waals surface area contributed by atoms with E-state index in [1.165, 1.54) is 0 Å². The Hall–Kier alpha value is -0.290. The van der Waals surface area contributed by atoms with Crippen molar-refractivity contribution in [3.63, 3.8) is 0 Å². The number of hydrogen-bond acceptors (Lipinski definition) is 2. The van der Waals surface area contributed by atoms with Gasteiger partial charge in [0.2, 0.25) is 0 Å². The number of piperidine rings is 2. The maximum absolute atomic E-state index is 14.2. The van der Waals surface area contributed by atoms with E-state index in [2.05, 4.69) is 11.8 Å². The number of likely N-dealkylation sites (tertiary alicyclic amines) is 2. The molecule has 0 saturated carbocycles. The van der Waals surface area contributed by atoms with Crippen LogP contribution < -0.4 is 0 Å². The van der Waals surface area contributed by atoms with E-state index in [-0.39, 0.29) is 19.6 Å². The first-order valence-electron chi connectivity index (χ1n) is 9.37. The van der Waals surface area contributed by atoms with Crippen LogP contribution in [0.25, 0.3) is 0 Å². The van der Waals surface area contributed by atoms with Gasteiger partial charge in [0.15, 0.2) is 0 Å². The second-order valence-corrected chi connectivity index (χ2v) is 7.68. The van der Waals surface area contributed by atoms with Gasteiger partial charge in [0.25, 0.3) is 5.92 Å². The molecule has 0 aliphatic carbocycles. The van der Waals surface area contributed by atoms with E-state index < -0.39 is 5.92 Å². The fourth-order valence-corrected chi connectivity index (χ4v) is 3.82. The SMILES string of the molecule is CC1CCN(CC(F)(F)CCC2CCN(CCCF)CC2)CC1. The van der Waals surface area contributed by atoms with Gasteiger partial charge < -0.3 is 4.90 Å². The van der Waals surface area contributed by atoms with Crippen molar-refractivity contribution in [3.8, 4) is 0 Å². The predicted octanol–water partition coefficient (Wildman–Crippen LogP) is 4.21. The third kappa shape index (κ3) is 7.00. The zero-order valence-corrected chi connectivity index (χ0v) is 14.6. The van der Waals surface area contributed by atoms with Crippen LogP contribution in [0.15, 0.2) is 0 Å². The summed E-state index contributed by atoms with van der Waals surface area (Å²) in [5, 5.41) is 0. The lowest BCUT2D eigenvalue weighted by Gasteiger charge is -2.34. The highest BCUT2D eigenvalue weighted by atomic mass is 19.3. The maximum Gasteiger partial charge on any atom is 0.260 e. The zero-order chi connectivity index (χ0) is 16.7. The first kappa shape index (κ1) is 19.0. The highest BCUT2D eigenvalue weighted by Crippen LogP contribution is 2.30. The largest absolute Gasteiger partial charge is 0.303 e. The summed E-state index contributed by atoms with van der Waals surface area (Å²) >= 11 is 0. The van der Waals surface area contributed by atoms with Crippen LogP contribution in [0.1, 0.15) is 51.9 Å². The minimum absolute atomic E-state index is 0.0220. The number of alkyl halides is 3. The molecular formula is C18H33F3N2. The van der Waals surface area contributed by atoms with Crippen LogP contribution in [0.2, 0.25) is 0 Å². The summed E-state index contributed by atoms with van der Waals surface area (Å²) in [7, 11) is 0. The fraction of sp³-hybridized carbons (Fsp3) is 1.00.